The van der Waals surface area contributed by atoms with Crippen molar-refractivity contribution in [1.82, 2.24) is 19.5 Å². The Morgan fingerprint density at radius 3 is 3.11 bits per heavy atom. The van der Waals surface area contributed by atoms with Crippen LogP contribution < -0.4 is 4.74 Å². The largest absolute Gasteiger partial charge is 0.495 e. The Morgan fingerprint density at radius 1 is 1.42 bits per heavy atom. The first-order chi connectivity index (χ1) is 9.24. The molecule has 2 aromatic rings. The second kappa shape index (κ2) is 5.17. The summed E-state index contributed by atoms with van der Waals surface area (Å²) in [7, 11) is 3.85. The van der Waals surface area contributed by atoms with Gasteiger partial charge in [0.25, 0.3) is 0 Å². The zero-order chi connectivity index (χ0) is 13.2. The number of rotatable bonds is 3. The topological polar surface area (TPSA) is 42.7 Å². The first-order valence-electron chi connectivity index (χ1n) is 6.82. The van der Waals surface area contributed by atoms with Gasteiger partial charge in [-0.2, -0.15) is 5.10 Å². The summed E-state index contributed by atoms with van der Waals surface area (Å²) in [5, 5.41) is 4.55. The van der Waals surface area contributed by atoms with E-state index in [4.69, 9.17) is 4.74 Å². The molecule has 0 N–H and O–H groups in total. The Bertz CT molecular complexity index is 566. The Morgan fingerprint density at radius 2 is 2.32 bits per heavy atom. The van der Waals surface area contributed by atoms with Gasteiger partial charge < -0.3 is 9.64 Å². The molecule has 3 rings (SSSR count). The SMILES string of the molecule is COc1ccc2nc(CC3CCCN(C)C3)nn2c1. The highest BCUT2D eigenvalue weighted by atomic mass is 16.5. The summed E-state index contributed by atoms with van der Waals surface area (Å²) in [6, 6.07) is 3.87. The maximum absolute atomic E-state index is 5.20. The van der Waals surface area contributed by atoms with E-state index in [0.29, 0.717) is 5.92 Å². The summed E-state index contributed by atoms with van der Waals surface area (Å²) in [5.74, 6) is 2.42. The van der Waals surface area contributed by atoms with Crippen molar-refractivity contribution < 1.29 is 4.74 Å². The molecule has 0 spiro atoms. The normalized spacial score (nSPS) is 20.8. The van der Waals surface area contributed by atoms with Crippen LogP contribution in [0.4, 0.5) is 0 Å². The zero-order valence-electron chi connectivity index (χ0n) is 11.5. The van der Waals surface area contributed by atoms with Gasteiger partial charge in [-0.3, -0.25) is 0 Å². The molecule has 3 heterocycles. The third-order valence-corrected chi connectivity index (χ3v) is 3.78. The lowest BCUT2D eigenvalue weighted by Gasteiger charge is -2.28. The van der Waals surface area contributed by atoms with Crippen molar-refractivity contribution in [3.8, 4) is 5.75 Å². The van der Waals surface area contributed by atoms with Crippen LogP contribution in [0.3, 0.4) is 0 Å². The number of nitrogens with zero attached hydrogens (tertiary/aromatic N) is 4. The number of piperidine rings is 1. The number of methoxy groups -OCH3 is 1. The van der Waals surface area contributed by atoms with Crippen LogP contribution in [0.25, 0.3) is 5.65 Å². The Kier molecular flexibility index (Phi) is 3.38. The highest BCUT2D eigenvalue weighted by Crippen LogP contribution is 2.19. The molecule has 5 heteroatoms. The van der Waals surface area contributed by atoms with Crippen LogP contribution in [0.5, 0.6) is 5.75 Å². The molecule has 5 nitrogen and oxygen atoms in total. The summed E-state index contributed by atoms with van der Waals surface area (Å²) in [5.41, 5.74) is 0.889. The van der Waals surface area contributed by atoms with E-state index in [1.165, 1.54) is 19.4 Å². The molecular formula is C14H20N4O. The summed E-state index contributed by atoms with van der Waals surface area (Å²) in [6.45, 7) is 2.37. The van der Waals surface area contributed by atoms with Crippen LogP contribution in [0.1, 0.15) is 18.7 Å². The van der Waals surface area contributed by atoms with Gasteiger partial charge in [0.2, 0.25) is 0 Å². The van der Waals surface area contributed by atoms with Crippen molar-refractivity contribution in [2.45, 2.75) is 19.3 Å². The summed E-state index contributed by atoms with van der Waals surface area (Å²) in [6.07, 6.45) is 5.40. The van der Waals surface area contributed by atoms with Crippen molar-refractivity contribution in [2.75, 3.05) is 27.2 Å². The fourth-order valence-electron chi connectivity index (χ4n) is 2.82. The predicted octanol–water partition coefficient (Wildman–Crippen LogP) is 1.62. The van der Waals surface area contributed by atoms with E-state index in [0.717, 1.165) is 30.2 Å². The summed E-state index contributed by atoms with van der Waals surface area (Å²) < 4.78 is 7.01. The molecule has 1 saturated heterocycles. The highest BCUT2D eigenvalue weighted by Gasteiger charge is 2.19. The van der Waals surface area contributed by atoms with E-state index >= 15 is 0 Å². The third kappa shape index (κ3) is 2.71. The monoisotopic (exact) mass is 260 g/mol. The molecule has 2 aromatic heterocycles. The Balaban J connectivity index is 1.77. The first kappa shape index (κ1) is 12.4. The van der Waals surface area contributed by atoms with Crippen molar-refractivity contribution in [2.24, 2.45) is 5.92 Å². The number of hydrogen-bond acceptors (Lipinski definition) is 4. The van der Waals surface area contributed by atoms with Gasteiger partial charge in [0, 0.05) is 13.0 Å². The van der Waals surface area contributed by atoms with Gasteiger partial charge in [-0.15, -0.1) is 0 Å². The smallest absolute Gasteiger partial charge is 0.155 e. The van der Waals surface area contributed by atoms with Crippen molar-refractivity contribution in [1.29, 1.82) is 0 Å². The zero-order valence-corrected chi connectivity index (χ0v) is 11.5. The molecule has 0 aromatic carbocycles. The number of hydrogen-bond donors (Lipinski definition) is 0. The van der Waals surface area contributed by atoms with E-state index in [9.17, 15) is 0 Å². The van der Waals surface area contributed by atoms with Gasteiger partial charge in [0.1, 0.15) is 5.75 Å². The molecule has 1 fully saturated rings. The minimum Gasteiger partial charge on any atom is -0.495 e. The molecule has 1 aliphatic heterocycles. The lowest BCUT2D eigenvalue weighted by molar-refractivity contribution is 0.207. The molecule has 0 saturated carbocycles. The van der Waals surface area contributed by atoms with E-state index < -0.39 is 0 Å². The maximum Gasteiger partial charge on any atom is 0.155 e. The second-order valence-corrected chi connectivity index (χ2v) is 5.37. The Labute approximate surface area is 113 Å². The molecule has 1 aliphatic rings. The lowest BCUT2D eigenvalue weighted by Crippen LogP contribution is -2.33. The number of ether oxygens (including phenoxy) is 1. The van der Waals surface area contributed by atoms with Gasteiger partial charge >= 0.3 is 0 Å². The fourth-order valence-corrected chi connectivity index (χ4v) is 2.82. The summed E-state index contributed by atoms with van der Waals surface area (Å²) in [4.78, 5) is 6.98. The molecule has 0 aliphatic carbocycles. The van der Waals surface area contributed by atoms with Crippen LogP contribution in [0.15, 0.2) is 18.3 Å². The molecule has 1 unspecified atom stereocenters. The minimum atomic E-state index is 0.679. The number of fused-ring (bicyclic) bond motifs is 1. The van der Waals surface area contributed by atoms with E-state index in [1.807, 2.05) is 18.3 Å². The van der Waals surface area contributed by atoms with E-state index in [2.05, 4.69) is 22.0 Å². The molecule has 19 heavy (non-hydrogen) atoms. The van der Waals surface area contributed by atoms with E-state index in [-0.39, 0.29) is 0 Å². The Hall–Kier alpha value is -1.62. The third-order valence-electron chi connectivity index (χ3n) is 3.78. The molecule has 1 atom stereocenters. The van der Waals surface area contributed by atoms with Crippen molar-refractivity contribution in [3.63, 3.8) is 0 Å². The molecule has 102 valence electrons. The van der Waals surface area contributed by atoms with Crippen LogP contribution >= 0.6 is 0 Å². The van der Waals surface area contributed by atoms with Crippen molar-refractivity contribution in [3.05, 3.63) is 24.2 Å². The number of likely N-dealkylation sites (tertiary alicyclic amines) is 1. The van der Waals surface area contributed by atoms with Gasteiger partial charge in [-0.05, 0) is 44.5 Å². The van der Waals surface area contributed by atoms with Crippen LogP contribution in [0, 0.1) is 5.92 Å². The van der Waals surface area contributed by atoms with Crippen LogP contribution in [0.2, 0.25) is 0 Å². The molecule has 0 amide bonds. The van der Waals surface area contributed by atoms with Gasteiger partial charge in [0.15, 0.2) is 11.5 Å². The molecular weight excluding hydrogens is 240 g/mol. The van der Waals surface area contributed by atoms with Gasteiger partial charge in [0.05, 0.1) is 13.3 Å². The van der Waals surface area contributed by atoms with Crippen molar-refractivity contribution >= 4 is 5.65 Å². The first-order valence-corrected chi connectivity index (χ1v) is 6.82. The van der Waals surface area contributed by atoms with Crippen LogP contribution in [-0.2, 0) is 6.42 Å². The fraction of sp³-hybridized carbons (Fsp3) is 0.571. The average molecular weight is 260 g/mol. The predicted molar refractivity (Wildman–Crippen MR) is 73.5 cm³/mol. The number of pyridine rings is 1. The average Bonchev–Trinajstić information content (AvgIpc) is 2.79. The maximum atomic E-state index is 5.20. The van der Waals surface area contributed by atoms with Gasteiger partial charge in [-0.1, -0.05) is 0 Å². The molecule has 0 bridgehead atoms. The quantitative estimate of drug-likeness (QED) is 0.841. The number of aromatic nitrogens is 3. The minimum absolute atomic E-state index is 0.679. The van der Waals surface area contributed by atoms with Crippen LogP contribution in [-0.4, -0.2) is 46.7 Å². The standard InChI is InChI=1S/C14H20N4O/c1-17-7-3-4-11(9-17)8-13-15-14-6-5-12(19-2)10-18(14)16-13/h5-6,10-11H,3-4,7-9H2,1-2H3. The lowest BCUT2D eigenvalue weighted by atomic mass is 9.95. The highest BCUT2D eigenvalue weighted by molar-refractivity contribution is 5.40. The second-order valence-electron chi connectivity index (χ2n) is 5.37. The summed E-state index contributed by atoms with van der Waals surface area (Å²) >= 11 is 0. The molecule has 0 radical (unpaired) electrons. The van der Waals surface area contributed by atoms with E-state index in [1.54, 1.807) is 11.6 Å². The van der Waals surface area contributed by atoms with Gasteiger partial charge in [-0.25, -0.2) is 9.50 Å².